The van der Waals surface area contributed by atoms with Gasteiger partial charge in [0.05, 0.1) is 4.75 Å². The van der Waals surface area contributed by atoms with Crippen LogP contribution in [0.15, 0.2) is 34.7 Å². The van der Waals surface area contributed by atoms with Crippen LogP contribution in [-0.2, 0) is 4.75 Å². The van der Waals surface area contributed by atoms with Crippen molar-refractivity contribution in [1.29, 1.82) is 0 Å². The summed E-state index contributed by atoms with van der Waals surface area (Å²) in [4.78, 5) is 0. The Labute approximate surface area is 92.7 Å². The molecule has 0 amide bonds. The summed E-state index contributed by atoms with van der Waals surface area (Å²) in [5.74, 6) is 0.971. The molecule has 2 rings (SSSR count). The monoisotopic (exact) mass is 224 g/mol. The van der Waals surface area contributed by atoms with Crippen molar-refractivity contribution in [1.82, 2.24) is 0 Å². The molecule has 1 heterocycles. The van der Waals surface area contributed by atoms with E-state index >= 15 is 0 Å². The van der Waals surface area contributed by atoms with E-state index in [2.05, 4.69) is 37.6 Å². The molecule has 0 saturated carbocycles. The number of hydrogen-bond donors (Lipinski definition) is 1. The number of rotatable bonds is 2. The summed E-state index contributed by atoms with van der Waals surface area (Å²) in [6.07, 6.45) is 0. The smallest absolute Gasteiger partial charge is 0.134 e. The topological polar surface area (TPSA) is 13.1 Å². The van der Waals surface area contributed by atoms with Gasteiger partial charge in [-0.05, 0) is 26.0 Å². The van der Waals surface area contributed by atoms with E-state index in [4.69, 9.17) is 4.42 Å². The molecule has 2 aromatic rings. The summed E-state index contributed by atoms with van der Waals surface area (Å²) in [5, 5.41) is 1.15. The van der Waals surface area contributed by atoms with Crippen molar-refractivity contribution in [3.8, 4) is 0 Å². The van der Waals surface area contributed by atoms with Crippen LogP contribution in [0.1, 0.15) is 19.6 Å². The molecule has 14 heavy (non-hydrogen) atoms. The second-order valence-corrected chi connectivity index (χ2v) is 5.50. The largest absolute Gasteiger partial charge is 0.460 e. The predicted octanol–water partition coefficient (Wildman–Crippen LogP) is 4.25. The highest BCUT2D eigenvalue weighted by molar-refractivity contribution is 8.68. The van der Waals surface area contributed by atoms with E-state index in [1.807, 2.05) is 18.2 Å². The Morgan fingerprint density at radius 2 is 2.00 bits per heavy atom. The summed E-state index contributed by atoms with van der Waals surface area (Å²) in [5.41, 5.74) is 0.943. The number of para-hydroxylation sites is 1. The molecule has 0 aliphatic carbocycles. The van der Waals surface area contributed by atoms with Gasteiger partial charge in [0.25, 0.3) is 0 Å². The van der Waals surface area contributed by atoms with Crippen LogP contribution in [0.5, 0.6) is 0 Å². The fourth-order valence-electron chi connectivity index (χ4n) is 1.32. The van der Waals surface area contributed by atoms with Crippen LogP contribution >= 0.6 is 22.5 Å². The van der Waals surface area contributed by atoms with Gasteiger partial charge in [-0.1, -0.05) is 29.0 Å². The van der Waals surface area contributed by atoms with E-state index in [1.54, 1.807) is 0 Å². The fraction of sp³-hybridized carbons (Fsp3) is 0.273. The zero-order valence-corrected chi connectivity index (χ0v) is 9.86. The molecule has 0 atom stereocenters. The zero-order chi connectivity index (χ0) is 10.2. The van der Waals surface area contributed by atoms with Gasteiger partial charge in [0.2, 0.25) is 0 Å². The van der Waals surface area contributed by atoms with Gasteiger partial charge in [-0.25, -0.2) is 0 Å². The van der Waals surface area contributed by atoms with Crippen molar-refractivity contribution in [2.45, 2.75) is 18.6 Å². The molecule has 0 saturated heterocycles. The quantitative estimate of drug-likeness (QED) is 0.605. The molecule has 0 aliphatic heterocycles. The minimum atomic E-state index is -0.0812. The maximum atomic E-state index is 5.75. The van der Waals surface area contributed by atoms with Crippen molar-refractivity contribution in [3.63, 3.8) is 0 Å². The van der Waals surface area contributed by atoms with E-state index in [9.17, 15) is 0 Å². The Morgan fingerprint density at radius 3 is 2.64 bits per heavy atom. The van der Waals surface area contributed by atoms with Gasteiger partial charge in [0.1, 0.15) is 11.3 Å². The van der Waals surface area contributed by atoms with Crippen LogP contribution in [0.3, 0.4) is 0 Å². The number of fused-ring (bicyclic) bond motifs is 1. The van der Waals surface area contributed by atoms with Gasteiger partial charge in [-0.15, -0.1) is 11.7 Å². The lowest BCUT2D eigenvalue weighted by atomic mass is 10.1. The first-order valence-electron chi connectivity index (χ1n) is 4.45. The second-order valence-electron chi connectivity index (χ2n) is 3.75. The van der Waals surface area contributed by atoms with E-state index in [1.165, 1.54) is 10.8 Å². The molecule has 0 radical (unpaired) electrons. The maximum absolute atomic E-state index is 5.75. The third-order valence-corrected chi connectivity index (χ3v) is 4.27. The fourth-order valence-corrected chi connectivity index (χ4v) is 1.78. The summed E-state index contributed by atoms with van der Waals surface area (Å²) in [7, 11) is 1.50. The van der Waals surface area contributed by atoms with Gasteiger partial charge in [0.15, 0.2) is 0 Å². The molecular formula is C11H12OS2. The summed E-state index contributed by atoms with van der Waals surface area (Å²) in [6, 6.07) is 10.1. The molecule has 0 fully saturated rings. The molecule has 0 bridgehead atoms. The molecule has 1 nitrogen and oxygen atoms in total. The first-order chi connectivity index (χ1) is 6.63. The molecule has 1 aromatic heterocycles. The molecule has 74 valence electrons. The number of thiol groups is 1. The highest BCUT2D eigenvalue weighted by Crippen LogP contribution is 2.40. The lowest BCUT2D eigenvalue weighted by molar-refractivity contribution is 0.501. The first kappa shape index (κ1) is 9.99. The third-order valence-electron chi connectivity index (χ3n) is 2.25. The highest BCUT2D eigenvalue weighted by Gasteiger charge is 2.24. The summed E-state index contributed by atoms with van der Waals surface area (Å²) >= 11 is 4.25. The molecule has 1 aromatic carbocycles. The predicted molar refractivity (Wildman–Crippen MR) is 65.8 cm³/mol. The van der Waals surface area contributed by atoms with E-state index < -0.39 is 0 Å². The lowest BCUT2D eigenvalue weighted by Gasteiger charge is -2.16. The van der Waals surface area contributed by atoms with Gasteiger partial charge in [0, 0.05) is 5.39 Å². The number of benzene rings is 1. The van der Waals surface area contributed by atoms with Crippen LogP contribution < -0.4 is 0 Å². The third kappa shape index (κ3) is 1.66. The second kappa shape index (κ2) is 3.55. The van der Waals surface area contributed by atoms with Gasteiger partial charge >= 0.3 is 0 Å². The number of hydrogen-bond acceptors (Lipinski definition) is 3. The molecule has 0 unspecified atom stereocenters. The van der Waals surface area contributed by atoms with Crippen LogP contribution in [-0.4, -0.2) is 0 Å². The molecule has 0 N–H and O–H groups in total. The minimum Gasteiger partial charge on any atom is -0.460 e. The normalized spacial score (nSPS) is 12.2. The first-order valence-corrected chi connectivity index (χ1v) is 6.32. The SMILES string of the molecule is CC(C)(SS)c1cc2ccccc2o1. The van der Waals surface area contributed by atoms with Crippen molar-refractivity contribution < 1.29 is 4.42 Å². The van der Waals surface area contributed by atoms with Crippen LogP contribution in [0.25, 0.3) is 11.0 Å². The van der Waals surface area contributed by atoms with Gasteiger partial charge < -0.3 is 4.42 Å². The Balaban J connectivity index is 2.55. The van der Waals surface area contributed by atoms with E-state index in [0.717, 1.165) is 16.7 Å². The molecular weight excluding hydrogens is 212 g/mol. The lowest BCUT2D eigenvalue weighted by Crippen LogP contribution is -2.07. The average Bonchev–Trinajstić information content (AvgIpc) is 2.61. The standard InChI is InChI=1S/C11H12OS2/c1-11(2,14-13)10-7-8-5-3-4-6-9(8)12-10/h3-7,13H,1-2H3. The Bertz CT molecular complexity index is 412. The molecule has 0 aliphatic rings. The summed E-state index contributed by atoms with van der Waals surface area (Å²) < 4.78 is 5.67. The van der Waals surface area contributed by atoms with Crippen molar-refractivity contribution in [2.75, 3.05) is 0 Å². The van der Waals surface area contributed by atoms with Crippen LogP contribution in [0.2, 0.25) is 0 Å². The van der Waals surface area contributed by atoms with E-state index in [-0.39, 0.29) is 4.75 Å². The van der Waals surface area contributed by atoms with Crippen molar-refractivity contribution in [2.24, 2.45) is 0 Å². The Hall–Kier alpha value is -0.540. The molecule has 3 heteroatoms. The van der Waals surface area contributed by atoms with Gasteiger partial charge in [-0.2, -0.15) is 0 Å². The van der Waals surface area contributed by atoms with Crippen LogP contribution in [0, 0.1) is 0 Å². The van der Waals surface area contributed by atoms with E-state index in [0.29, 0.717) is 0 Å². The zero-order valence-electron chi connectivity index (χ0n) is 8.15. The highest BCUT2D eigenvalue weighted by atomic mass is 33.1. The van der Waals surface area contributed by atoms with Crippen LogP contribution in [0.4, 0.5) is 0 Å². The maximum Gasteiger partial charge on any atom is 0.134 e. The Morgan fingerprint density at radius 1 is 1.29 bits per heavy atom. The number of furan rings is 1. The minimum absolute atomic E-state index is 0.0812. The van der Waals surface area contributed by atoms with Crippen molar-refractivity contribution in [3.05, 3.63) is 36.1 Å². The summed E-state index contributed by atoms with van der Waals surface area (Å²) in [6.45, 7) is 4.20. The van der Waals surface area contributed by atoms with Gasteiger partial charge in [-0.3, -0.25) is 0 Å². The average molecular weight is 224 g/mol. The molecule has 0 spiro atoms. The van der Waals surface area contributed by atoms with Crippen molar-refractivity contribution >= 4 is 33.4 Å². The Kier molecular flexibility index (Phi) is 2.54.